The first-order valence-electron chi connectivity index (χ1n) is 4.55. The summed E-state index contributed by atoms with van der Waals surface area (Å²) in [6.07, 6.45) is 1.92. The first kappa shape index (κ1) is 11.0. The molecule has 0 aliphatic heterocycles. The molecular formula is C10H10N2O3S. The molecule has 0 saturated carbocycles. The Morgan fingerprint density at radius 3 is 2.94 bits per heavy atom. The van der Waals surface area contributed by atoms with E-state index < -0.39 is 12.1 Å². The Hall–Kier alpha value is -1.53. The van der Waals surface area contributed by atoms with E-state index in [-0.39, 0.29) is 0 Å². The third kappa shape index (κ3) is 1.77. The zero-order chi connectivity index (χ0) is 11.7. The van der Waals surface area contributed by atoms with Gasteiger partial charge in [0.1, 0.15) is 5.52 Å². The molecule has 0 fully saturated rings. The first-order chi connectivity index (χ1) is 7.63. The second kappa shape index (κ2) is 4.15. The van der Waals surface area contributed by atoms with Gasteiger partial charge in [0.05, 0.1) is 11.8 Å². The Morgan fingerprint density at radius 1 is 1.56 bits per heavy atom. The number of H-pyrrole nitrogens is 1. The van der Waals surface area contributed by atoms with Crippen LogP contribution in [0, 0.1) is 0 Å². The van der Waals surface area contributed by atoms with Crippen LogP contribution >= 0.6 is 11.8 Å². The van der Waals surface area contributed by atoms with Crippen molar-refractivity contribution < 1.29 is 15.0 Å². The van der Waals surface area contributed by atoms with Gasteiger partial charge in [-0.1, -0.05) is 0 Å². The summed E-state index contributed by atoms with van der Waals surface area (Å²) >= 11 is 1.46. The first-order valence-corrected chi connectivity index (χ1v) is 5.78. The molecule has 3 N–H and O–H groups in total. The maximum atomic E-state index is 10.7. The number of thioether (sulfide) groups is 1. The lowest BCUT2D eigenvalue weighted by Crippen LogP contribution is -2.10. The summed E-state index contributed by atoms with van der Waals surface area (Å²) in [4.78, 5) is 18.6. The lowest BCUT2D eigenvalue weighted by Gasteiger charge is -2.07. The lowest BCUT2D eigenvalue weighted by molar-refractivity contribution is -0.146. The number of fused-ring (bicyclic) bond motifs is 1. The van der Waals surface area contributed by atoms with Crippen molar-refractivity contribution in [3.8, 4) is 0 Å². The molecule has 2 aromatic rings. The van der Waals surface area contributed by atoms with Crippen LogP contribution in [-0.2, 0) is 4.79 Å². The van der Waals surface area contributed by atoms with E-state index in [2.05, 4.69) is 9.97 Å². The van der Waals surface area contributed by atoms with E-state index in [1.807, 2.05) is 6.26 Å². The molecule has 0 aliphatic carbocycles. The van der Waals surface area contributed by atoms with E-state index in [0.717, 1.165) is 15.9 Å². The monoisotopic (exact) mass is 238 g/mol. The summed E-state index contributed by atoms with van der Waals surface area (Å²) in [5.74, 6) is -1.26. The van der Waals surface area contributed by atoms with Crippen LogP contribution in [0.4, 0.5) is 0 Å². The van der Waals surface area contributed by atoms with Crippen molar-refractivity contribution in [1.29, 1.82) is 0 Å². The fourth-order valence-electron chi connectivity index (χ4n) is 1.49. The van der Waals surface area contributed by atoms with E-state index in [4.69, 9.17) is 5.11 Å². The number of rotatable bonds is 3. The molecule has 0 bridgehead atoms. The van der Waals surface area contributed by atoms with Gasteiger partial charge in [0, 0.05) is 4.90 Å². The van der Waals surface area contributed by atoms with Gasteiger partial charge in [-0.05, 0) is 24.0 Å². The normalized spacial score (nSPS) is 12.9. The summed E-state index contributed by atoms with van der Waals surface area (Å²) in [7, 11) is 0. The van der Waals surface area contributed by atoms with Crippen LogP contribution < -0.4 is 0 Å². The highest BCUT2D eigenvalue weighted by atomic mass is 32.2. The van der Waals surface area contributed by atoms with Gasteiger partial charge in [-0.25, -0.2) is 9.78 Å². The van der Waals surface area contributed by atoms with Gasteiger partial charge in [0.2, 0.25) is 0 Å². The number of hydrogen-bond donors (Lipinski definition) is 3. The summed E-state index contributed by atoms with van der Waals surface area (Å²) in [6.45, 7) is 0. The van der Waals surface area contributed by atoms with Crippen LogP contribution in [-0.4, -0.2) is 32.4 Å². The molecule has 1 aromatic heterocycles. The van der Waals surface area contributed by atoms with E-state index in [9.17, 15) is 9.90 Å². The Balaban J connectivity index is 2.59. The van der Waals surface area contributed by atoms with E-state index in [1.54, 1.807) is 18.5 Å². The van der Waals surface area contributed by atoms with E-state index in [0.29, 0.717) is 5.56 Å². The molecule has 5 nitrogen and oxygen atoms in total. The smallest absolute Gasteiger partial charge is 0.337 e. The second-order valence-corrected chi connectivity index (χ2v) is 4.11. The highest BCUT2D eigenvalue weighted by molar-refractivity contribution is 7.98. The number of carboxylic acid groups (broad SMARTS) is 1. The molecule has 0 amide bonds. The number of nitrogens with zero attached hydrogens (tertiary/aromatic N) is 1. The highest BCUT2D eigenvalue weighted by Gasteiger charge is 2.18. The number of imidazole rings is 1. The molecule has 84 valence electrons. The van der Waals surface area contributed by atoms with Gasteiger partial charge >= 0.3 is 5.97 Å². The average Bonchev–Trinajstić information content (AvgIpc) is 2.74. The molecule has 0 aliphatic rings. The predicted octanol–water partition coefficient (Wildman–Crippen LogP) is 1.40. The number of aliphatic hydroxyl groups excluding tert-OH is 1. The maximum absolute atomic E-state index is 10.7. The number of hydrogen-bond acceptors (Lipinski definition) is 4. The van der Waals surface area contributed by atoms with E-state index in [1.165, 1.54) is 11.8 Å². The van der Waals surface area contributed by atoms with Crippen LogP contribution in [0.15, 0.2) is 23.4 Å². The van der Waals surface area contributed by atoms with Crippen LogP contribution in [0.3, 0.4) is 0 Å². The summed E-state index contributed by atoms with van der Waals surface area (Å²) < 4.78 is 0. The topological polar surface area (TPSA) is 86.2 Å². The Bertz CT molecular complexity index is 538. The van der Waals surface area contributed by atoms with E-state index >= 15 is 0 Å². The Morgan fingerprint density at radius 2 is 2.31 bits per heavy atom. The highest BCUT2D eigenvalue weighted by Crippen LogP contribution is 2.28. The van der Waals surface area contributed by atoms with Gasteiger partial charge in [-0.2, -0.15) is 0 Å². The van der Waals surface area contributed by atoms with Crippen LogP contribution in [0.25, 0.3) is 11.0 Å². The molecule has 1 atom stereocenters. The van der Waals surface area contributed by atoms with Crippen molar-refractivity contribution in [3.05, 3.63) is 24.0 Å². The molecule has 0 saturated heterocycles. The Kier molecular flexibility index (Phi) is 2.84. The second-order valence-electron chi connectivity index (χ2n) is 3.26. The molecule has 1 heterocycles. The molecule has 0 spiro atoms. The Labute approximate surface area is 95.5 Å². The number of aromatic nitrogens is 2. The standard InChI is InChI=1S/C10H10N2O3S/c1-16-7-3-5(9(13)10(14)15)2-6-8(7)12-4-11-6/h2-4,9,13H,1H3,(H,11,12)(H,14,15). The minimum atomic E-state index is -1.50. The van der Waals surface area contributed by atoms with Crippen molar-refractivity contribution in [1.82, 2.24) is 9.97 Å². The summed E-state index contributed by atoms with van der Waals surface area (Å²) in [5, 5.41) is 18.2. The summed E-state index contributed by atoms with van der Waals surface area (Å²) in [6, 6.07) is 3.24. The number of nitrogens with one attached hydrogen (secondary N) is 1. The number of benzene rings is 1. The van der Waals surface area contributed by atoms with Crippen LogP contribution in [0.5, 0.6) is 0 Å². The van der Waals surface area contributed by atoms with Crippen molar-refractivity contribution in [2.45, 2.75) is 11.0 Å². The van der Waals surface area contributed by atoms with Crippen molar-refractivity contribution in [2.24, 2.45) is 0 Å². The molecule has 6 heteroatoms. The third-order valence-corrected chi connectivity index (χ3v) is 3.03. The lowest BCUT2D eigenvalue weighted by atomic mass is 10.1. The van der Waals surface area contributed by atoms with Gasteiger partial charge in [-0.15, -0.1) is 11.8 Å². The number of aromatic amines is 1. The molecule has 2 rings (SSSR count). The molecule has 1 aromatic carbocycles. The fourth-order valence-corrected chi connectivity index (χ4v) is 2.10. The van der Waals surface area contributed by atoms with Crippen molar-refractivity contribution >= 4 is 28.8 Å². The van der Waals surface area contributed by atoms with Crippen LogP contribution in [0.1, 0.15) is 11.7 Å². The molecule has 16 heavy (non-hydrogen) atoms. The largest absolute Gasteiger partial charge is 0.479 e. The molecular weight excluding hydrogens is 228 g/mol. The SMILES string of the molecule is CSc1cc(C(O)C(=O)O)cc2[nH]cnc12. The number of carboxylic acids is 1. The van der Waals surface area contributed by atoms with Gasteiger partial charge in [-0.3, -0.25) is 0 Å². The number of aliphatic carboxylic acids is 1. The van der Waals surface area contributed by atoms with Gasteiger partial charge in [0.25, 0.3) is 0 Å². The predicted molar refractivity (Wildman–Crippen MR) is 60.5 cm³/mol. The maximum Gasteiger partial charge on any atom is 0.337 e. The minimum absolute atomic E-state index is 0.355. The van der Waals surface area contributed by atoms with Gasteiger partial charge in [0.15, 0.2) is 6.10 Å². The summed E-state index contributed by atoms with van der Waals surface area (Å²) in [5.41, 5.74) is 1.87. The zero-order valence-electron chi connectivity index (χ0n) is 8.47. The zero-order valence-corrected chi connectivity index (χ0v) is 9.28. The van der Waals surface area contributed by atoms with Crippen LogP contribution in [0.2, 0.25) is 0 Å². The number of aliphatic hydroxyl groups is 1. The number of carbonyl (C=O) groups is 1. The molecule has 1 unspecified atom stereocenters. The quantitative estimate of drug-likeness (QED) is 0.704. The molecule has 0 radical (unpaired) electrons. The third-order valence-electron chi connectivity index (χ3n) is 2.28. The van der Waals surface area contributed by atoms with Gasteiger partial charge < -0.3 is 15.2 Å². The van der Waals surface area contributed by atoms with Crippen molar-refractivity contribution in [2.75, 3.05) is 6.26 Å². The van der Waals surface area contributed by atoms with Crippen molar-refractivity contribution in [3.63, 3.8) is 0 Å². The average molecular weight is 238 g/mol. The minimum Gasteiger partial charge on any atom is -0.479 e. The fraction of sp³-hybridized carbons (Fsp3) is 0.200.